The summed E-state index contributed by atoms with van der Waals surface area (Å²) in [6, 6.07) is 9.00. The van der Waals surface area contributed by atoms with Gasteiger partial charge in [-0.2, -0.15) is 5.06 Å². The first-order valence-corrected chi connectivity index (χ1v) is 7.91. The maximum atomic E-state index is 13.8. The topological polar surface area (TPSA) is 60.9 Å². The number of benzene rings is 1. The number of carbonyl (C=O) groups is 2. The molecule has 8 heteroatoms. The first-order chi connectivity index (χ1) is 10.5. The van der Waals surface area contributed by atoms with Gasteiger partial charge in [0.05, 0.1) is 14.2 Å². The number of carbonyl (C=O) groups excluding carboxylic acids is 2. The molecule has 0 bridgehead atoms. The molecule has 2 heterocycles. The van der Waals surface area contributed by atoms with Gasteiger partial charge in [-0.1, -0.05) is 12.1 Å². The molecule has 1 N–H and O–H groups in total. The van der Waals surface area contributed by atoms with Crippen molar-refractivity contribution in [2.45, 2.75) is 6.17 Å². The molecule has 3 rings (SSSR count). The minimum Gasteiger partial charge on any atom is -0.302 e. The van der Waals surface area contributed by atoms with Gasteiger partial charge >= 0.3 is 0 Å². The van der Waals surface area contributed by atoms with Crippen molar-refractivity contribution in [3.05, 3.63) is 56.4 Å². The second-order valence-electron chi connectivity index (χ2n) is 4.67. The van der Waals surface area contributed by atoms with Crippen LogP contribution in [0.3, 0.4) is 0 Å². The summed E-state index contributed by atoms with van der Waals surface area (Å²) in [5, 5.41) is 10.5. The molecule has 5 nitrogen and oxygen atoms in total. The SMILES string of the molecule is O=C1CN(C(=O)c2ccccc2F)C(c2ccc(Br)s2)N1O. The molecule has 0 radical (unpaired) electrons. The fourth-order valence-corrected chi connectivity index (χ4v) is 3.81. The molecule has 2 amide bonds. The third-order valence-corrected chi connectivity index (χ3v) is 4.97. The van der Waals surface area contributed by atoms with Crippen LogP contribution in [-0.4, -0.2) is 33.5 Å². The third-order valence-electron chi connectivity index (χ3n) is 3.30. The first kappa shape index (κ1) is 15.1. The average molecular weight is 385 g/mol. The van der Waals surface area contributed by atoms with Gasteiger partial charge in [0, 0.05) is 0 Å². The third kappa shape index (κ3) is 2.53. The van der Waals surface area contributed by atoms with Gasteiger partial charge in [0.25, 0.3) is 11.8 Å². The van der Waals surface area contributed by atoms with Crippen LogP contribution in [0, 0.1) is 5.82 Å². The van der Waals surface area contributed by atoms with Crippen LogP contribution < -0.4 is 0 Å². The predicted molar refractivity (Wildman–Crippen MR) is 80.8 cm³/mol. The molecule has 0 spiro atoms. The van der Waals surface area contributed by atoms with E-state index in [0.29, 0.717) is 9.94 Å². The summed E-state index contributed by atoms with van der Waals surface area (Å²) in [6.07, 6.45) is -0.948. The molecular formula is C14H10BrFN2O3S. The predicted octanol–water partition coefficient (Wildman–Crippen LogP) is 3.02. The van der Waals surface area contributed by atoms with Gasteiger partial charge in [-0.25, -0.2) is 4.39 Å². The zero-order chi connectivity index (χ0) is 15.9. The van der Waals surface area contributed by atoms with Gasteiger partial charge in [0.2, 0.25) is 0 Å². The van der Waals surface area contributed by atoms with Gasteiger partial charge in [-0.05, 0) is 40.2 Å². The fourth-order valence-electron chi connectivity index (χ4n) is 2.29. The second-order valence-corrected chi connectivity index (χ2v) is 7.16. The summed E-state index contributed by atoms with van der Waals surface area (Å²) >= 11 is 4.58. The van der Waals surface area contributed by atoms with Crippen molar-refractivity contribution in [3.63, 3.8) is 0 Å². The van der Waals surface area contributed by atoms with Gasteiger partial charge in [-0.3, -0.25) is 14.8 Å². The molecule has 0 saturated carbocycles. The number of hydrogen-bond donors (Lipinski definition) is 1. The second kappa shape index (κ2) is 5.79. The van der Waals surface area contributed by atoms with Crippen LogP contribution in [0.1, 0.15) is 21.4 Å². The first-order valence-electron chi connectivity index (χ1n) is 6.30. The van der Waals surface area contributed by atoms with Crippen LogP contribution in [-0.2, 0) is 4.79 Å². The van der Waals surface area contributed by atoms with Crippen LogP contribution in [0.15, 0.2) is 40.2 Å². The highest BCUT2D eigenvalue weighted by atomic mass is 79.9. The van der Waals surface area contributed by atoms with Crippen LogP contribution in [0.25, 0.3) is 0 Å². The van der Waals surface area contributed by atoms with E-state index >= 15 is 0 Å². The largest absolute Gasteiger partial charge is 0.302 e. The van der Waals surface area contributed by atoms with E-state index in [4.69, 9.17) is 0 Å². The van der Waals surface area contributed by atoms with Gasteiger partial charge in [-0.15, -0.1) is 11.3 Å². The number of halogens is 2. The Morgan fingerprint density at radius 1 is 1.32 bits per heavy atom. The number of rotatable bonds is 2. The zero-order valence-corrected chi connectivity index (χ0v) is 13.5. The van der Waals surface area contributed by atoms with Crippen molar-refractivity contribution in [2.24, 2.45) is 0 Å². The molecule has 1 aromatic carbocycles. The van der Waals surface area contributed by atoms with E-state index in [9.17, 15) is 19.2 Å². The fraction of sp³-hybridized carbons (Fsp3) is 0.143. The van der Waals surface area contributed by atoms with Gasteiger partial charge in [0.15, 0.2) is 6.17 Å². The highest BCUT2D eigenvalue weighted by molar-refractivity contribution is 9.11. The van der Waals surface area contributed by atoms with Crippen molar-refractivity contribution in [3.8, 4) is 0 Å². The van der Waals surface area contributed by atoms with E-state index in [-0.39, 0.29) is 12.1 Å². The molecule has 1 atom stereocenters. The highest BCUT2D eigenvalue weighted by Crippen LogP contribution is 2.36. The van der Waals surface area contributed by atoms with E-state index in [1.165, 1.54) is 29.5 Å². The Morgan fingerprint density at radius 2 is 2.05 bits per heavy atom. The summed E-state index contributed by atoms with van der Waals surface area (Å²) < 4.78 is 14.6. The van der Waals surface area contributed by atoms with E-state index in [1.54, 1.807) is 18.2 Å². The Bertz CT molecular complexity index is 751. The molecular weight excluding hydrogens is 375 g/mol. The Kier molecular flexibility index (Phi) is 3.98. The van der Waals surface area contributed by atoms with Crippen molar-refractivity contribution in [1.29, 1.82) is 0 Å². The lowest BCUT2D eigenvalue weighted by Crippen LogP contribution is -2.34. The molecule has 1 aliphatic heterocycles. The number of hydrogen-bond acceptors (Lipinski definition) is 4. The molecule has 1 unspecified atom stereocenters. The van der Waals surface area contributed by atoms with E-state index in [2.05, 4.69) is 15.9 Å². The van der Waals surface area contributed by atoms with Crippen LogP contribution >= 0.6 is 27.3 Å². The van der Waals surface area contributed by atoms with Gasteiger partial charge < -0.3 is 4.90 Å². The smallest absolute Gasteiger partial charge is 0.267 e. The van der Waals surface area contributed by atoms with Crippen molar-refractivity contribution >= 4 is 39.1 Å². The normalized spacial score (nSPS) is 18.1. The molecule has 1 saturated heterocycles. The van der Waals surface area contributed by atoms with E-state index < -0.39 is 23.8 Å². The Hall–Kier alpha value is -1.77. The molecule has 2 aromatic rings. The lowest BCUT2D eigenvalue weighted by Gasteiger charge is -2.25. The minimum absolute atomic E-state index is 0.133. The summed E-state index contributed by atoms with van der Waals surface area (Å²) in [6.45, 7) is -0.302. The quantitative estimate of drug-likeness (QED) is 0.809. The van der Waals surface area contributed by atoms with Crippen molar-refractivity contribution < 1.29 is 19.2 Å². The Morgan fingerprint density at radius 3 is 2.68 bits per heavy atom. The number of hydroxylamine groups is 2. The molecule has 22 heavy (non-hydrogen) atoms. The summed E-state index contributed by atoms with van der Waals surface area (Å²) in [4.78, 5) is 26.1. The number of amides is 2. The average Bonchev–Trinajstić information content (AvgIpc) is 3.03. The number of thiophene rings is 1. The number of nitrogens with zero attached hydrogens (tertiary/aromatic N) is 2. The Balaban J connectivity index is 1.99. The maximum absolute atomic E-state index is 13.8. The molecule has 114 valence electrons. The summed E-state index contributed by atoms with van der Waals surface area (Å²) in [7, 11) is 0. The zero-order valence-electron chi connectivity index (χ0n) is 11.1. The molecule has 1 aromatic heterocycles. The molecule has 1 fully saturated rings. The maximum Gasteiger partial charge on any atom is 0.267 e. The van der Waals surface area contributed by atoms with E-state index in [1.807, 2.05) is 0 Å². The highest BCUT2D eigenvalue weighted by Gasteiger charge is 2.42. The Labute approximate surface area is 137 Å². The lowest BCUT2D eigenvalue weighted by atomic mass is 10.2. The summed E-state index contributed by atoms with van der Waals surface area (Å²) in [5.74, 6) is -1.92. The molecule has 0 aliphatic carbocycles. The monoisotopic (exact) mass is 384 g/mol. The standard InChI is InChI=1S/C14H10BrFN2O3S/c15-11-6-5-10(22-11)13-17(7-12(19)18(13)21)14(20)8-3-1-2-4-9(8)16/h1-6,13,21H,7H2. The van der Waals surface area contributed by atoms with Crippen LogP contribution in [0.5, 0.6) is 0 Å². The van der Waals surface area contributed by atoms with Crippen molar-refractivity contribution in [1.82, 2.24) is 9.96 Å². The van der Waals surface area contributed by atoms with E-state index in [0.717, 1.165) is 8.69 Å². The van der Waals surface area contributed by atoms with Gasteiger partial charge in [0.1, 0.15) is 12.4 Å². The molecule has 1 aliphatic rings. The lowest BCUT2D eigenvalue weighted by molar-refractivity contribution is -0.168. The summed E-state index contributed by atoms with van der Waals surface area (Å²) in [5.41, 5.74) is -0.133. The van der Waals surface area contributed by atoms with Crippen LogP contribution in [0.4, 0.5) is 4.39 Å². The van der Waals surface area contributed by atoms with Crippen LogP contribution in [0.2, 0.25) is 0 Å². The van der Waals surface area contributed by atoms with Crippen molar-refractivity contribution in [2.75, 3.05) is 6.54 Å². The minimum atomic E-state index is -0.948.